The van der Waals surface area contributed by atoms with Gasteiger partial charge in [0.25, 0.3) is 0 Å². The van der Waals surface area contributed by atoms with Crippen LogP contribution in [-0.2, 0) is 9.53 Å². The Morgan fingerprint density at radius 3 is 2.78 bits per heavy atom. The molecule has 3 nitrogen and oxygen atoms in total. The molecular formula is C13H18FNO2S. The van der Waals surface area contributed by atoms with E-state index in [2.05, 4.69) is 6.92 Å². The van der Waals surface area contributed by atoms with Crippen LogP contribution in [0.25, 0.3) is 0 Å². The maximum Gasteiger partial charge on any atom is 0.319 e. The van der Waals surface area contributed by atoms with E-state index in [0.29, 0.717) is 17.0 Å². The smallest absolute Gasteiger partial charge is 0.319 e. The minimum atomic E-state index is -0.392. The highest BCUT2D eigenvalue weighted by atomic mass is 32.2. The maximum atomic E-state index is 13.2. The van der Waals surface area contributed by atoms with Crippen LogP contribution in [0.5, 0.6) is 0 Å². The molecule has 0 saturated heterocycles. The molecule has 1 unspecified atom stereocenters. The summed E-state index contributed by atoms with van der Waals surface area (Å²) < 4.78 is 18.0. The molecule has 1 aromatic rings. The standard InChI is InChI=1S/C13H18FNO2S/c1-3-4-5-12(13(16)17-2)18-11-7-9(14)6-10(15)8-11/h6-8,12H,3-5,15H2,1-2H3. The van der Waals surface area contributed by atoms with E-state index in [1.54, 1.807) is 6.07 Å². The summed E-state index contributed by atoms with van der Waals surface area (Å²) >= 11 is 1.30. The highest BCUT2D eigenvalue weighted by Gasteiger charge is 2.20. The molecule has 0 heterocycles. The number of ether oxygens (including phenoxy) is 1. The van der Waals surface area contributed by atoms with Crippen molar-refractivity contribution in [2.75, 3.05) is 12.8 Å². The first kappa shape index (κ1) is 14.8. The van der Waals surface area contributed by atoms with Gasteiger partial charge in [0.1, 0.15) is 11.1 Å². The number of hydrogen-bond donors (Lipinski definition) is 1. The number of rotatable bonds is 6. The van der Waals surface area contributed by atoms with Crippen molar-refractivity contribution >= 4 is 23.4 Å². The molecular weight excluding hydrogens is 253 g/mol. The van der Waals surface area contributed by atoms with Crippen LogP contribution in [0.4, 0.5) is 10.1 Å². The fourth-order valence-corrected chi connectivity index (χ4v) is 2.75. The van der Waals surface area contributed by atoms with Crippen molar-refractivity contribution in [3.63, 3.8) is 0 Å². The molecule has 1 aromatic carbocycles. The van der Waals surface area contributed by atoms with Crippen molar-refractivity contribution in [3.05, 3.63) is 24.0 Å². The summed E-state index contributed by atoms with van der Waals surface area (Å²) in [6.07, 6.45) is 2.64. The molecule has 5 heteroatoms. The molecule has 0 bridgehead atoms. The molecule has 2 N–H and O–H groups in total. The number of esters is 1. The van der Waals surface area contributed by atoms with E-state index in [-0.39, 0.29) is 11.2 Å². The Balaban J connectivity index is 2.78. The van der Waals surface area contributed by atoms with Gasteiger partial charge in [-0.15, -0.1) is 11.8 Å². The Kier molecular flexibility index (Phi) is 5.98. The Labute approximate surface area is 111 Å². The number of nitrogens with two attached hydrogens (primary N) is 1. The second kappa shape index (κ2) is 7.26. The SMILES string of the molecule is CCCCC(Sc1cc(N)cc(F)c1)C(=O)OC. The average Bonchev–Trinajstić information content (AvgIpc) is 2.32. The topological polar surface area (TPSA) is 52.3 Å². The van der Waals surface area contributed by atoms with Crippen molar-refractivity contribution in [1.29, 1.82) is 0 Å². The Bertz CT molecular complexity index is 392. The van der Waals surface area contributed by atoms with Crippen molar-refractivity contribution in [1.82, 2.24) is 0 Å². The first-order valence-electron chi connectivity index (χ1n) is 5.87. The number of anilines is 1. The van der Waals surface area contributed by atoms with Crippen LogP contribution in [0.2, 0.25) is 0 Å². The molecule has 0 saturated carbocycles. The van der Waals surface area contributed by atoms with Gasteiger partial charge in [-0.05, 0) is 24.6 Å². The van der Waals surface area contributed by atoms with Crippen LogP contribution >= 0.6 is 11.8 Å². The Hall–Kier alpha value is -1.23. The van der Waals surface area contributed by atoms with E-state index >= 15 is 0 Å². The van der Waals surface area contributed by atoms with Crippen LogP contribution in [0.3, 0.4) is 0 Å². The molecule has 0 aliphatic carbocycles. The van der Waals surface area contributed by atoms with Gasteiger partial charge in [0.2, 0.25) is 0 Å². The Morgan fingerprint density at radius 1 is 1.50 bits per heavy atom. The number of halogens is 1. The molecule has 1 atom stereocenters. The lowest BCUT2D eigenvalue weighted by Crippen LogP contribution is -2.18. The summed E-state index contributed by atoms with van der Waals surface area (Å²) in [5.74, 6) is -0.673. The van der Waals surface area contributed by atoms with E-state index in [0.717, 1.165) is 12.8 Å². The highest BCUT2D eigenvalue weighted by Crippen LogP contribution is 2.29. The summed E-state index contributed by atoms with van der Waals surface area (Å²) in [7, 11) is 1.36. The minimum Gasteiger partial charge on any atom is -0.468 e. The Morgan fingerprint density at radius 2 is 2.22 bits per heavy atom. The van der Waals surface area contributed by atoms with Gasteiger partial charge >= 0.3 is 5.97 Å². The average molecular weight is 271 g/mol. The molecule has 0 amide bonds. The zero-order valence-corrected chi connectivity index (χ0v) is 11.4. The molecule has 100 valence electrons. The van der Waals surface area contributed by atoms with Gasteiger partial charge < -0.3 is 10.5 Å². The largest absolute Gasteiger partial charge is 0.468 e. The number of methoxy groups -OCH3 is 1. The predicted octanol–water partition coefficient (Wildman–Crippen LogP) is 3.23. The van der Waals surface area contributed by atoms with Crippen molar-refractivity contribution in [2.24, 2.45) is 0 Å². The van der Waals surface area contributed by atoms with Crippen molar-refractivity contribution in [2.45, 2.75) is 36.3 Å². The number of thioether (sulfide) groups is 1. The second-order valence-electron chi connectivity index (χ2n) is 3.99. The van der Waals surface area contributed by atoms with Gasteiger partial charge in [-0.2, -0.15) is 0 Å². The van der Waals surface area contributed by atoms with Gasteiger partial charge in [0.15, 0.2) is 0 Å². The van der Waals surface area contributed by atoms with Crippen LogP contribution in [0, 0.1) is 5.82 Å². The number of carbonyl (C=O) groups excluding carboxylic acids is 1. The third-order valence-corrected chi connectivity index (χ3v) is 3.68. The van der Waals surface area contributed by atoms with E-state index in [4.69, 9.17) is 10.5 Å². The molecule has 0 aromatic heterocycles. The van der Waals surface area contributed by atoms with E-state index in [1.165, 1.54) is 31.0 Å². The summed E-state index contributed by atoms with van der Waals surface area (Å²) in [6, 6.07) is 4.29. The zero-order chi connectivity index (χ0) is 13.5. The maximum absolute atomic E-state index is 13.2. The number of benzene rings is 1. The zero-order valence-electron chi connectivity index (χ0n) is 10.6. The first-order valence-corrected chi connectivity index (χ1v) is 6.75. The van der Waals surface area contributed by atoms with Gasteiger partial charge in [0.05, 0.1) is 7.11 Å². The lowest BCUT2D eigenvalue weighted by atomic mass is 10.2. The molecule has 0 spiro atoms. The number of carbonyl (C=O) groups is 1. The molecule has 18 heavy (non-hydrogen) atoms. The van der Waals surface area contributed by atoms with Crippen LogP contribution in [0.1, 0.15) is 26.2 Å². The highest BCUT2D eigenvalue weighted by molar-refractivity contribution is 8.00. The monoisotopic (exact) mass is 271 g/mol. The fourth-order valence-electron chi connectivity index (χ4n) is 1.56. The summed E-state index contributed by atoms with van der Waals surface area (Å²) in [5, 5.41) is -0.309. The van der Waals surface area contributed by atoms with Crippen LogP contribution in [0.15, 0.2) is 23.1 Å². The number of hydrogen-bond acceptors (Lipinski definition) is 4. The lowest BCUT2D eigenvalue weighted by molar-refractivity contribution is -0.140. The number of nitrogen functional groups attached to an aromatic ring is 1. The molecule has 0 aliphatic heterocycles. The van der Waals surface area contributed by atoms with Gasteiger partial charge in [-0.3, -0.25) is 4.79 Å². The van der Waals surface area contributed by atoms with Crippen LogP contribution < -0.4 is 5.73 Å². The molecule has 0 fully saturated rings. The number of unbranched alkanes of at least 4 members (excludes halogenated alkanes) is 1. The summed E-state index contributed by atoms with van der Waals surface area (Å²) in [5.41, 5.74) is 5.93. The third-order valence-electron chi connectivity index (χ3n) is 2.46. The second-order valence-corrected chi connectivity index (χ2v) is 5.27. The first-order chi connectivity index (χ1) is 8.56. The minimum absolute atomic E-state index is 0.281. The van der Waals surface area contributed by atoms with Gasteiger partial charge in [-0.1, -0.05) is 19.8 Å². The predicted molar refractivity (Wildman–Crippen MR) is 72.0 cm³/mol. The molecule has 0 aliphatic rings. The van der Waals surface area contributed by atoms with Crippen molar-refractivity contribution < 1.29 is 13.9 Å². The summed E-state index contributed by atoms with van der Waals surface area (Å²) in [4.78, 5) is 12.3. The fraction of sp³-hybridized carbons (Fsp3) is 0.462. The normalized spacial score (nSPS) is 12.2. The lowest BCUT2D eigenvalue weighted by Gasteiger charge is -2.14. The summed E-state index contributed by atoms with van der Waals surface area (Å²) in [6.45, 7) is 2.05. The third kappa shape index (κ3) is 4.56. The van der Waals surface area contributed by atoms with E-state index < -0.39 is 5.82 Å². The molecule has 1 rings (SSSR count). The van der Waals surface area contributed by atoms with Gasteiger partial charge in [0, 0.05) is 10.6 Å². The van der Waals surface area contributed by atoms with E-state index in [1.807, 2.05) is 0 Å². The van der Waals surface area contributed by atoms with Crippen LogP contribution in [-0.4, -0.2) is 18.3 Å². The van der Waals surface area contributed by atoms with Gasteiger partial charge in [-0.25, -0.2) is 4.39 Å². The molecule has 0 radical (unpaired) electrons. The quantitative estimate of drug-likeness (QED) is 0.490. The van der Waals surface area contributed by atoms with E-state index in [9.17, 15) is 9.18 Å². The van der Waals surface area contributed by atoms with Crippen molar-refractivity contribution in [3.8, 4) is 0 Å².